The summed E-state index contributed by atoms with van der Waals surface area (Å²) in [6, 6.07) is 14.9. The van der Waals surface area contributed by atoms with Gasteiger partial charge in [-0.25, -0.2) is 0 Å². The van der Waals surface area contributed by atoms with Crippen molar-refractivity contribution >= 4 is 23.2 Å². The Morgan fingerprint density at radius 3 is 2.48 bits per heavy atom. The van der Waals surface area contributed by atoms with Gasteiger partial charge in [-0.2, -0.15) is 0 Å². The fourth-order valence-electron chi connectivity index (χ4n) is 3.99. The maximum Gasteiger partial charge on any atom is 0.253 e. The van der Waals surface area contributed by atoms with Gasteiger partial charge in [-0.1, -0.05) is 44.7 Å². The zero-order chi connectivity index (χ0) is 23.3. The standard InChI is InChI=1S/C27H37N3O3/c1-2-3-4-5-9-18-33-25-15-11-14-24(20-25)29-26(31)21-28-23-13-10-12-22(19-23)27(32)30-16-7-6-8-17-30/h10-15,19-20,28H,2-9,16-18,21H2,1H3,(H,29,31). The summed E-state index contributed by atoms with van der Waals surface area (Å²) in [4.78, 5) is 27.1. The molecule has 0 radical (unpaired) electrons. The van der Waals surface area contributed by atoms with Crippen LogP contribution in [0.3, 0.4) is 0 Å². The summed E-state index contributed by atoms with van der Waals surface area (Å²) in [5.41, 5.74) is 2.12. The topological polar surface area (TPSA) is 70.7 Å². The average molecular weight is 452 g/mol. The molecular formula is C27H37N3O3. The summed E-state index contributed by atoms with van der Waals surface area (Å²) in [5, 5.41) is 6.03. The third kappa shape index (κ3) is 8.44. The van der Waals surface area contributed by atoms with E-state index in [-0.39, 0.29) is 18.4 Å². The first kappa shape index (κ1) is 24.6. The monoisotopic (exact) mass is 451 g/mol. The number of nitrogens with zero attached hydrogens (tertiary/aromatic N) is 1. The second-order valence-corrected chi connectivity index (χ2v) is 8.63. The van der Waals surface area contributed by atoms with Gasteiger partial charge in [0.05, 0.1) is 13.2 Å². The number of rotatable bonds is 12. The second kappa shape index (κ2) is 13.5. The smallest absolute Gasteiger partial charge is 0.253 e. The number of likely N-dealkylation sites (tertiary alicyclic amines) is 1. The molecule has 1 fully saturated rings. The molecule has 0 bridgehead atoms. The molecule has 2 amide bonds. The van der Waals surface area contributed by atoms with Gasteiger partial charge in [-0.05, 0) is 56.0 Å². The third-order valence-electron chi connectivity index (χ3n) is 5.84. The van der Waals surface area contributed by atoms with Crippen LogP contribution >= 0.6 is 0 Å². The average Bonchev–Trinajstić information content (AvgIpc) is 2.85. The first-order valence-corrected chi connectivity index (χ1v) is 12.3. The van der Waals surface area contributed by atoms with Crippen LogP contribution in [-0.4, -0.2) is 43.0 Å². The Bertz CT molecular complexity index is 894. The minimum Gasteiger partial charge on any atom is -0.494 e. The lowest BCUT2D eigenvalue weighted by Gasteiger charge is -2.26. The van der Waals surface area contributed by atoms with Crippen molar-refractivity contribution in [3.05, 3.63) is 54.1 Å². The van der Waals surface area contributed by atoms with E-state index in [2.05, 4.69) is 17.6 Å². The van der Waals surface area contributed by atoms with Gasteiger partial charge in [-0.3, -0.25) is 9.59 Å². The van der Waals surface area contributed by atoms with Crippen LogP contribution in [0.4, 0.5) is 11.4 Å². The number of hydrogen-bond donors (Lipinski definition) is 2. The van der Waals surface area contributed by atoms with Crippen LogP contribution in [0.5, 0.6) is 5.75 Å². The molecule has 178 valence electrons. The van der Waals surface area contributed by atoms with Crippen molar-refractivity contribution in [3.63, 3.8) is 0 Å². The number of carbonyl (C=O) groups excluding carboxylic acids is 2. The van der Waals surface area contributed by atoms with Crippen molar-refractivity contribution in [2.75, 3.05) is 36.9 Å². The number of ether oxygens (including phenoxy) is 1. The quantitative estimate of drug-likeness (QED) is 0.405. The maximum atomic E-state index is 12.7. The van der Waals surface area contributed by atoms with Crippen LogP contribution in [0.1, 0.15) is 68.6 Å². The SMILES string of the molecule is CCCCCCCOc1cccc(NC(=O)CNc2cccc(C(=O)N3CCCCC3)c2)c1. The molecule has 0 saturated carbocycles. The normalized spacial score (nSPS) is 13.4. The highest BCUT2D eigenvalue weighted by Crippen LogP contribution is 2.19. The molecule has 3 rings (SSSR count). The predicted molar refractivity (Wildman–Crippen MR) is 134 cm³/mol. The molecular weight excluding hydrogens is 414 g/mol. The van der Waals surface area contributed by atoms with Gasteiger partial charge < -0.3 is 20.3 Å². The van der Waals surface area contributed by atoms with E-state index in [1.165, 1.54) is 32.1 Å². The van der Waals surface area contributed by atoms with E-state index >= 15 is 0 Å². The van der Waals surface area contributed by atoms with Crippen LogP contribution in [0.2, 0.25) is 0 Å². The Morgan fingerprint density at radius 1 is 0.909 bits per heavy atom. The molecule has 1 saturated heterocycles. The fourth-order valence-corrected chi connectivity index (χ4v) is 3.99. The number of anilines is 2. The van der Waals surface area contributed by atoms with Gasteiger partial charge in [0.25, 0.3) is 5.91 Å². The molecule has 2 aromatic carbocycles. The van der Waals surface area contributed by atoms with E-state index in [4.69, 9.17) is 4.74 Å². The van der Waals surface area contributed by atoms with E-state index < -0.39 is 0 Å². The third-order valence-corrected chi connectivity index (χ3v) is 5.84. The molecule has 6 heteroatoms. The van der Waals surface area contributed by atoms with Crippen molar-refractivity contribution in [2.24, 2.45) is 0 Å². The zero-order valence-electron chi connectivity index (χ0n) is 19.8. The molecule has 1 aliphatic heterocycles. The van der Waals surface area contributed by atoms with E-state index in [1.54, 1.807) is 0 Å². The van der Waals surface area contributed by atoms with E-state index in [9.17, 15) is 9.59 Å². The Kier molecular flexibility index (Phi) is 10.1. The van der Waals surface area contributed by atoms with Gasteiger partial charge in [0.1, 0.15) is 5.75 Å². The van der Waals surface area contributed by atoms with E-state index in [0.717, 1.165) is 43.8 Å². The van der Waals surface area contributed by atoms with E-state index in [0.29, 0.717) is 17.9 Å². The van der Waals surface area contributed by atoms with Gasteiger partial charge in [0, 0.05) is 36.1 Å². The highest BCUT2D eigenvalue weighted by Gasteiger charge is 2.18. The lowest BCUT2D eigenvalue weighted by atomic mass is 10.1. The highest BCUT2D eigenvalue weighted by atomic mass is 16.5. The van der Waals surface area contributed by atoms with Gasteiger partial charge in [-0.15, -0.1) is 0 Å². The van der Waals surface area contributed by atoms with Crippen LogP contribution in [0.15, 0.2) is 48.5 Å². The van der Waals surface area contributed by atoms with Crippen LogP contribution in [0, 0.1) is 0 Å². The summed E-state index contributed by atoms with van der Waals surface area (Å²) in [7, 11) is 0. The second-order valence-electron chi connectivity index (χ2n) is 8.63. The van der Waals surface area contributed by atoms with Crippen LogP contribution in [0.25, 0.3) is 0 Å². The summed E-state index contributed by atoms with van der Waals surface area (Å²) in [6.45, 7) is 4.65. The van der Waals surface area contributed by atoms with Crippen molar-refractivity contribution in [1.82, 2.24) is 4.90 Å². The fraction of sp³-hybridized carbons (Fsp3) is 0.481. The molecule has 0 aromatic heterocycles. The summed E-state index contributed by atoms with van der Waals surface area (Å²) in [6.07, 6.45) is 9.30. The Morgan fingerprint density at radius 2 is 1.67 bits per heavy atom. The van der Waals surface area contributed by atoms with Crippen molar-refractivity contribution < 1.29 is 14.3 Å². The summed E-state index contributed by atoms with van der Waals surface area (Å²) in [5.74, 6) is 0.671. The minimum absolute atomic E-state index is 0.0602. The molecule has 6 nitrogen and oxygen atoms in total. The molecule has 1 aliphatic rings. The zero-order valence-corrected chi connectivity index (χ0v) is 19.8. The number of piperidine rings is 1. The largest absolute Gasteiger partial charge is 0.494 e. The Balaban J connectivity index is 1.44. The number of amides is 2. The van der Waals surface area contributed by atoms with Gasteiger partial charge in [0.2, 0.25) is 5.91 Å². The Labute approximate surface area is 197 Å². The maximum absolute atomic E-state index is 12.7. The lowest BCUT2D eigenvalue weighted by molar-refractivity contribution is -0.114. The van der Waals surface area contributed by atoms with Gasteiger partial charge in [0.15, 0.2) is 0 Å². The molecule has 33 heavy (non-hydrogen) atoms. The number of nitrogens with one attached hydrogen (secondary N) is 2. The number of unbranched alkanes of at least 4 members (excludes halogenated alkanes) is 4. The van der Waals surface area contributed by atoms with Crippen molar-refractivity contribution in [3.8, 4) is 5.75 Å². The molecule has 0 unspecified atom stereocenters. The van der Waals surface area contributed by atoms with Crippen molar-refractivity contribution in [1.29, 1.82) is 0 Å². The molecule has 0 aliphatic carbocycles. The van der Waals surface area contributed by atoms with Gasteiger partial charge >= 0.3 is 0 Å². The number of carbonyl (C=O) groups is 2. The molecule has 2 aromatic rings. The molecule has 0 atom stereocenters. The number of hydrogen-bond acceptors (Lipinski definition) is 4. The first-order valence-electron chi connectivity index (χ1n) is 12.3. The molecule has 2 N–H and O–H groups in total. The van der Waals surface area contributed by atoms with E-state index in [1.807, 2.05) is 53.4 Å². The summed E-state index contributed by atoms with van der Waals surface area (Å²) < 4.78 is 5.82. The number of benzene rings is 2. The first-order chi connectivity index (χ1) is 16.2. The summed E-state index contributed by atoms with van der Waals surface area (Å²) >= 11 is 0. The highest BCUT2D eigenvalue weighted by molar-refractivity contribution is 5.96. The van der Waals surface area contributed by atoms with Crippen LogP contribution < -0.4 is 15.4 Å². The molecule has 1 heterocycles. The lowest BCUT2D eigenvalue weighted by Crippen LogP contribution is -2.35. The van der Waals surface area contributed by atoms with Crippen LogP contribution in [-0.2, 0) is 4.79 Å². The Hall–Kier alpha value is -3.02. The molecule has 0 spiro atoms. The predicted octanol–water partition coefficient (Wildman–Crippen LogP) is 5.71. The van der Waals surface area contributed by atoms with Crippen molar-refractivity contribution in [2.45, 2.75) is 58.3 Å². The minimum atomic E-state index is -0.153.